The van der Waals surface area contributed by atoms with Crippen LogP contribution >= 0.6 is 11.6 Å². The van der Waals surface area contributed by atoms with Gasteiger partial charge in [0.05, 0.1) is 24.8 Å². The molecule has 39 heavy (non-hydrogen) atoms. The van der Waals surface area contributed by atoms with Crippen LogP contribution in [-0.4, -0.2) is 33.5 Å². The van der Waals surface area contributed by atoms with Crippen molar-refractivity contribution in [3.8, 4) is 5.75 Å². The maximum Gasteiger partial charge on any atom is 0.311 e. The Morgan fingerprint density at radius 1 is 0.923 bits per heavy atom. The van der Waals surface area contributed by atoms with Gasteiger partial charge in [-0.25, -0.2) is 0 Å². The van der Waals surface area contributed by atoms with E-state index in [4.69, 9.17) is 21.1 Å². The molecule has 0 saturated heterocycles. The number of carbonyl (C=O) groups is 4. The van der Waals surface area contributed by atoms with E-state index >= 15 is 0 Å². The number of nitrogens with zero attached hydrogens (tertiary/aromatic N) is 1. The van der Waals surface area contributed by atoms with Gasteiger partial charge < -0.3 is 14.6 Å². The summed E-state index contributed by atoms with van der Waals surface area (Å²) in [5, 5.41) is 10.4. The van der Waals surface area contributed by atoms with Gasteiger partial charge in [0.15, 0.2) is 0 Å². The molecule has 1 heterocycles. The van der Waals surface area contributed by atoms with Crippen molar-refractivity contribution in [1.82, 2.24) is 4.57 Å². The molecule has 0 aliphatic heterocycles. The molecule has 3 aromatic carbocycles. The first-order valence-electron chi connectivity index (χ1n) is 12.2. The van der Waals surface area contributed by atoms with Crippen LogP contribution in [-0.2, 0) is 25.5 Å². The number of carboxylic acids is 1. The SMILES string of the molecule is Cc1c(CC(=O)O)c2cc(OC(=O)CCC(=O)OC(C)c3ccccc3)ccc2n1C(=O)c1ccc(Cl)cc1. The summed E-state index contributed by atoms with van der Waals surface area (Å²) in [6.45, 7) is 3.42. The van der Waals surface area contributed by atoms with Gasteiger partial charge in [0.1, 0.15) is 11.9 Å². The molecule has 0 radical (unpaired) electrons. The Labute approximate surface area is 229 Å². The van der Waals surface area contributed by atoms with E-state index in [9.17, 15) is 24.3 Å². The zero-order valence-electron chi connectivity index (χ0n) is 21.3. The van der Waals surface area contributed by atoms with Crippen molar-refractivity contribution in [3.63, 3.8) is 0 Å². The van der Waals surface area contributed by atoms with E-state index in [0.717, 1.165) is 5.56 Å². The Kier molecular flexibility index (Phi) is 8.46. The maximum atomic E-state index is 13.3. The highest BCUT2D eigenvalue weighted by atomic mass is 35.5. The summed E-state index contributed by atoms with van der Waals surface area (Å²) in [4.78, 5) is 49.6. The molecular weight excluding hydrogens is 522 g/mol. The Bertz CT molecular complexity index is 1540. The lowest BCUT2D eigenvalue weighted by atomic mass is 10.1. The smallest absolute Gasteiger partial charge is 0.311 e. The predicted molar refractivity (Wildman–Crippen MR) is 145 cm³/mol. The molecule has 9 heteroatoms. The number of aromatic nitrogens is 1. The van der Waals surface area contributed by atoms with Crippen molar-refractivity contribution in [2.75, 3.05) is 0 Å². The fourth-order valence-electron chi connectivity index (χ4n) is 4.32. The van der Waals surface area contributed by atoms with Gasteiger partial charge in [-0.3, -0.25) is 23.7 Å². The van der Waals surface area contributed by atoms with Crippen LogP contribution in [0.3, 0.4) is 0 Å². The summed E-state index contributed by atoms with van der Waals surface area (Å²) < 4.78 is 12.2. The fraction of sp³-hybridized carbons (Fsp3) is 0.200. The highest BCUT2D eigenvalue weighted by Crippen LogP contribution is 2.31. The largest absolute Gasteiger partial charge is 0.481 e. The van der Waals surface area contributed by atoms with E-state index in [-0.39, 0.29) is 30.9 Å². The maximum absolute atomic E-state index is 13.3. The number of halogens is 1. The molecule has 0 amide bonds. The van der Waals surface area contributed by atoms with Crippen molar-refractivity contribution in [2.45, 2.75) is 39.2 Å². The standard InChI is InChI=1S/C30H26ClNO7/c1-18-24(17-27(33)34)25-16-23(12-13-26(25)32(18)30(37)21-8-10-22(31)11-9-21)39-29(36)15-14-28(35)38-19(2)20-6-4-3-5-7-20/h3-13,16,19H,14-15,17H2,1-2H3,(H,33,34). The van der Waals surface area contributed by atoms with E-state index in [0.29, 0.717) is 32.7 Å². The zero-order chi connectivity index (χ0) is 28.1. The van der Waals surface area contributed by atoms with Gasteiger partial charge in [0, 0.05) is 21.7 Å². The van der Waals surface area contributed by atoms with Gasteiger partial charge in [-0.15, -0.1) is 0 Å². The van der Waals surface area contributed by atoms with Crippen LogP contribution in [0.4, 0.5) is 0 Å². The first kappa shape index (κ1) is 27.6. The average Bonchev–Trinajstić information content (AvgIpc) is 3.18. The molecule has 4 rings (SSSR count). The van der Waals surface area contributed by atoms with Crippen molar-refractivity contribution in [1.29, 1.82) is 0 Å². The van der Waals surface area contributed by atoms with Crippen LogP contribution < -0.4 is 4.74 Å². The summed E-state index contributed by atoms with van der Waals surface area (Å²) in [5.41, 5.74) is 2.59. The predicted octanol–water partition coefficient (Wildman–Crippen LogP) is 5.91. The third-order valence-corrected chi connectivity index (χ3v) is 6.52. The zero-order valence-corrected chi connectivity index (χ0v) is 22.1. The molecule has 0 saturated carbocycles. The van der Waals surface area contributed by atoms with Crippen LogP contribution in [0, 0.1) is 6.92 Å². The molecule has 1 unspecified atom stereocenters. The molecular formula is C30H26ClNO7. The number of esters is 2. The third kappa shape index (κ3) is 6.53. The first-order chi connectivity index (χ1) is 18.6. The van der Waals surface area contributed by atoms with E-state index in [1.807, 2.05) is 30.3 Å². The molecule has 1 N–H and O–H groups in total. The molecule has 1 aromatic heterocycles. The van der Waals surface area contributed by atoms with Crippen LogP contribution in [0.2, 0.25) is 5.02 Å². The highest BCUT2D eigenvalue weighted by molar-refractivity contribution is 6.30. The van der Waals surface area contributed by atoms with Gasteiger partial charge in [-0.1, -0.05) is 41.9 Å². The van der Waals surface area contributed by atoms with Gasteiger partial charge in [0.25, 0.3) is 5.91 Å². The Hall–Kier alpha value is -4.43. The molecule has 4 aromatic rings. The summed E-state index contributed by atoms with van der Waals surface area (Å²) >= 11 is 5.95. The quantitative estimate of drug-likeness (QED) is 0.205. The number of carbonyl (C=O) groups excluding carboxylic acids is 3. The molecule has 200 valence electrons. The fourth-order valence-corrected chi connectivity index (χ4v) is 4.44. The number of rotatable bonds is 9. The number of fused-ring (bicyclic) bond motifs is 1. The molecule has 8 nitrogen and oxygen atoms in total. The lowest BCUT2D eigenvalue weighted by Crippen LogP contribution is -2.14. The second-order valence-electron chi connectivity index (χ2n) is 8.98. The van der Waals surface area contributed by atoms with E-state index in [2.05, 4.69) is 0 Å². The minimum absolute atomic E-state index is 0.159. The average molecular weight is 548 g/mol. The van der Waals surface area contributed by atoms with E-state index in [1.165, 1.54) is 16.7 Å². The van der Waals surface area contributed by atoms with Crippen LogP contribution in [0.5, 0.6) is 5.75 Å². The highest BCUT2D eigenvalue weighted by Gasteiger charge is 2.22. The normalized spacial score (nSPS) is 11.7. The monoisotopic (exact) mass is 547 g/mol. The summed E-state index contributed by atoms with van der Waals surface area (Å²) in [6, 6.07) is 20.3. The van der Waals surface area contributed by atoms with Crippen molar-refractivity contribution >= 4 is 46.3 Å². The lowest BCUT2D eigenvalue weighted by molar-refractivity contribution is -0.151. The minimum atomic E-state index is -1.07. The second-order valence-corrected chi connectivity index (χ2v) is 9.41. The topological polar surface area (TPSA) is 112 Å². The number of ether oxygens (including phenoxy) is 2. The number of aliphatic carboxylic acids is 1. The Balaban J connectivity index is 1.50. The van der Waals surface area contributed by atoms with Gasteiger partial charge in [0.2, 0.25) is 0 Å². The Morgan fingerprint density at radius 2 is 1.59 bits per heavy atom. The molecule has 0 fully saturated rings. The van der Waals surface area contributed by atoms with Gasteiger partial charge in [-0.2, -0.15) is 0 Å². The molecule has 0 aliphatic rings. The Morgan fingerprint density at radius 3 is 2.26 bits per heavy atom. The number of hydrogen-bond donors (Lipinski definition) is 1. The van der Waals surface area contributed by atoms with E-state index < -0.39 is 24.0 Å². The van der Waals surface area contributed by atoms with Crippen LogP contribution in [0.15, 0.2) is 72.8 Å². The number of carboxylic acid groups (broad SMARTS) is 1. The van der Waals surface area contributed by atoms with E-state index in [1.54, 1.807) is 44.2 Å². The third-order valence-electron chi connectivity index (χ3n) is 6.27. The number of benzene rings is 3. The van der Waals surface area contributed by atoms with Crippen LogP contribution in [0.1, 0.15) is 53.0 Å². The second kappa shape index (κ2) is 12.0. The van der Waals surface area contributed by atoms with Crippen molar-refractivity contribution in [3.05, 3.63) is 100 Å². The number of hydrogen-bond acceptors (Lipinski definition) is 6. The molecule has 1 atom stereocenters. The van der Waals surface area contributed by atoms with Crippen LogP contribution in [0.25, 0.3) is 10.9 Å². The summed E-state index contributed by atoms with van der Waals surface area (Å²) in [7, 11) is 0. The summed E-state index contributed by atoms with van der Waals surface area (Å²) in [5.74, 6) is -2.43. The van der Waals surface area contributed by atoms with Crippen molar-refractivity contribution in [2.24, 2.45) is 0 Å². The lowest BCUT2D eigenvalue weighted by Gasteiger charge is -2.13. The first-order valence-corrected chi connectivity index (χ1v) is 12.6. The molecule has 0 bridgehead atoms. The van der Waals surface area contributed by atoms with Gasteiger partial charge >= 0.3 is 17.9 Å². The summed E-state index contributed by atoms with van der Waals surface area (Å²) in [6.07, 6.45) is -1.14. The van der Waals surface area contributed by atoms with Crippen molar-refractivity contribution < 1.29 is 33.8 Å². The molecule has 0 spiro atoms. The van der Waals surface area contributed by atoms with Gasteiger partial charge in [-0.05, 0) is 67.4 Å². The minimum Gasteiger partial charge on any atom is -0.481 e. The molecule has 0 aliphatic carbocycles.